The second kappa shape index (κ2) is 7.06. The van der Waals surface area contributed by atoms with Crippen LogP contribution in [0.15, 0.2) is 5.38 Å². The Morgan fingerprint density at radius 3 is 2.76 bits per heavy atom. The van der Waals surface area contributed by atoms with E-state index in [1.54, 1.807) is 18.4 Å². The highest BCUT2D eigenvalue weighted by Gasteiger charge is 2.21. The zero-order valence-electron chi connectivity index (χ0n) is 10.9. The van der Waals surface area contributed by atoms with Crippen molar-refractivity contribution in [2.24, 2.45) is 5.73 Å². The minimum atomic E-state index is -0.0361. The van der Waals surface area contributed by atoms with Crippen molar-refractivity contribution in [1.82, 2.24) is 4.98 Å². The molecule has 0 aliphatic carbocycles. The Labute approximate surface area is 107 Å². The third kappa shape index (κ3) is 4.71. The van der Waals surface area contributed by atoms with E-state index in [4.69, 9.17) is 15.2 Å². The van der Waals surface area contributed by atoms with Gasteiger partial charge in [0.2, 0.25) is 0 Å². The molecule has 0 fully saturated rings. The largest absolute Gasteiger partial charge is 0.382 e. The van der Waals surface area contributed by atoms with Gasteiger partial charge in [-0.1, -0.05) is 13.8 Å². The molecule has 1 aromatic heterocycles. The van der Waals surface area contributed by atoms with Gasteiger partial charge in [-0.3, -0.25) is 0 Å². The fourth-order valence-corrected chi connectivity index (χ4v) is 2.22. The smallest absolute Gasteiger partial charge is 0.0951 e. The molecule has 0 atom stereocenters. The van der Waals surface area contributed by atoms with Gasteiger partial charge in [-0.2, -0.15) is 0 Å². The lowest BCUT2D eigenvalue weighted by Gasteiger charge is -2.19. The van der Waals surface area contributed by atoms with Crippen molar-refractivity contribution in [2.75, 3.05) is 33.5 Å². The molecule has 4 nitrogen and oxygen atoms in total. The lowest BCUT2D eigenvalue weighted by atomic mass is 9.90. The molecule has 0 radical (unpaired) electrons. The van der Waals surface area contributed by atoms with Crippen LogP contribution in [-0.4, -0.2) is 38.5 Å². The molecule has 0 bridgehead atoms. The molecular formula is C12H22N2O2S. The van der Waals surface area contributed by atoms with Crippen LogP contribution in [0, 0.1) is 0 Å². The van der Waals surface area contributed by atoms with Crippen molar-refractivity contribution < 1.29 is 9.47 Å². The zero-order chi connectivity index (χ0) is 12.7. The van der Waals surface area contributed by atoms with Crippen LogP contribution in [0.5, 0.6) is 0 Å². The lowest BCUT2D eigenvalue weighted by Crippen LogP contribution is -2.28. The van der Waals surface area contributed by atoms with E-state index in [2.05, 4.69) is 24.2 Å². The molecule has 0 unspecified atom stereocenters. The highest BCUT2D eigenvalue weighted by atomic mass is 32.1. The molecule has 0 aromatic carbocycles. The number of nitrogens with two attached hydrogens (primary N) is 1. The fourth-order valence-electron chi connectivity index (χ4n) is 1.24. The molecule has 1 aromatic rings. The van der Waals surface area contributed by atoms with E-state index in [0.29, 0.717) is 26.4 Å². The summed E-state index contributed by atoms with van der Waals surface area (Å²) in [4.78, 5) is 4.60. The van der Waals surface area contributed by atoms with Crippen molar-refractivity contribution in [3.05, 3.63) is 16.1 Å². The molecule has 0 saturated carbocycles. The highest BCUT2D eigenvalue weighted by molar-refractivity contribution is 7.09. The predicted molar refractivity (Wildman–Crippen MR) is 70.6 cm³/mol. The number of hydrogen-bond acceptors (Lipinski definition) is 5. The van der Waals surface area contributed by atoms with Gasteiger partial charge in [0.15, 0.2) is 0 Å². The Morgan fingerprint density at radius 1 is 1.35 bits per heavy atom. The molecule has 0 saturated heterocycles. The van der Waals surface area contributed by atoms with Gasteiger partial charge in [-0.15, -0.1) is 11.3 Å². The van der Waals surface area contributed by atoms with Crippen LogP contribution in [-0.2, 0) is 21.3 Å². The molecule has 0 aliphatic heterocycles. The molecule has 17 heavy (non-hydrogen) atoms. The summed E-state index contributed by atoms with van der Waals surface area (Å²) in [5.41, 5.74) is 6.77. The van der Waals surface area contributed by atoms with Gasteiger partial charge in [0, 0.05) is 30.9 Å². The number of rotatable bonds is 8. The van der Waals surface area contributed by atoms with Crippen molar-refractivity contribution in [3.63, 3.8) is 0 Å². The van der Waals surface area contributed by atoms with Crippen LogP contribution >= 0.6 is 11.3 Å². The standard InChI is InChI=1S/C12H22N2O2S/c1-12(2,9-13)10-8-17-11(14-10)4-5-16-7-6-15-3/h8H,4-7,9,13H2,1-3H3. The quantitative estimate of drug-likeness (QED) is 0.719. The predicted octanol–water partition coefficient (Wildman–Crippen LogP) is 1.58. The van der Waals surface area contributed by atoms with E-state index in [9.17, 15) is 0 Å². The first kappa shape index (κ1) is 14.6. The normalized spacial score (nSPS) is 12.0. The van der Waals surface area contributed by atoms with Gasteiger partial charge in [-0.25, -0.2) is 4.98 Å². The summed E-state index contributed by atoms with van der Waals surface area (Å²) in [6, 6.07) is 0. The maximum atomic E-state index is 5.73. The van der Waals surface area contributed by atoms with Crippen LogP contribution in [0.2, 0.25) is 0 Å². The molecule has 0 aliphatic rings. The maximum absolute atomic E-state index is 5.73. The summed E-state index contributed by atoms with van der Waals surface area (Å²) in [7, 11) is 1.67. The van der Waals surface area contributed by atoms with E-state index in [-0.39, 0.29) is 5.41 Å². The monoisotopic (exact) mass is 258 g/mol. The van der Waals surface area contributed by atoms with Gasteiger partial charge >= 0.3 is 0 Å². The SMILES string of the molecule is COCCOCCc1nc(C(C)(C)CN)cs1. The highest BCUT2D eigenvalue weighted by Crippen LogP contribution is 2.23. The summed E-state index contributed by atoms with van der Waals surface area (Å²) in [6.07, 6.45) is 0.856. The van der Waals surface area contributed by atoms with Crippen LogP contribution < -0.4 is 5.73 Å². The van der Waals surface area contributed by atoms with Gasteiger partial charge in [0.1, 0.15) is 0 Å². The van der Waals surface area contributed by atoms with E-state index < -0.39 is 0 Å². The zero-order valence-corrected chi connectivity index (χ0v) is 11.7. The van der Waals surface area contributed by atoms with E-state index in [0.717, 1.165) is 17.1 Å². The van der Waals surface area contributed by atoms with Crippen LogP contribution in [0.25, 0.3) is 0 Å². The third-order valence-electron chi connectivity index (χ3n) is 2.65. The molecule has 5 heteroatoms. The van der Waals surface area contributed by atoms with E-state index in [1.165, 1.54) is 0 Å². The molecule has 1 rings (SSSR count). The lowest BCUT2D eigenvalue weighted by molar-refractivity contribution is 0.0722. The van der Waals surface area contributed by atoms with Gasteiger partial charge in [0.05, 0.1) is 30.5 Å². The third-order valence-corrected chi connectivity index (χ3v) is 3.56. The molecule has 2 N–H and O–H groups in total. The fraction of sp³-hybridized carbons (Fsp3) is 0.750. The number of aromatic nitrogens is 1. The second-order valence-electron chi connectivity index (χ2n) is 4.57. The molecule has 0 spiro atoms. The average Bonchev–Trinajstić information content (AvgIpc) is 2.78. The van der Waals surface area contributed by atoms with Gasteiger partial charge in [0.25, 0.3) is 0 Å². The second-order valence-corrected chi connectivity index (χ2v) is 5.51. The number of methoxy groups -OCH3 is 1. The minimum Gasteiger partial charge on any atom is -0.382 e. The van der Waals surface area contributed by atoms with Crippen LogP contribution in [0.3, 0.4) is 0 Å². The summed E-state index contributed by atoms with van der Waals surface area (Å²) in [5, 5.41) is 3.20. The van der Waals surface area contributed by atoms with Crippen molar-refractivity contribution in [2.45, 2.75) is 25.7 Å². The number of hydrogen-bond donors (Lipinski definition) is 1. The van der Waals surface area contributed by atoms with Crippen molar-refractivity contribution in [3.8, 4) is 0 Å². The summed E-state index contributed by atoms with van der Waals surface area (Å²) in [6.45, 7) is 6.81. The number of thiazole rings is 1. The minimum absolute atomic E-state index is 0.0361. The van der Waals surface area contributed by atoms with Gasteiger partial charge < -0.3 is 15.2 Å². The molecule has 98 valence electrons. The first-order chi connectivity index (χ1) is 8.10. The maximum Gasteiger partial charge on any atom is 0.0951 e. The molecule has 0 amide bonds. The van der Waals surface area contributed by atoms with Crippen LogP contribution in [0.1, 0.15) is 24.5 Å². The Balaban J connectivity index is 2.36. The Bertz CT molecular complexity index is 326. The molecule has 1 heterocycles. The average molecular weight is 258 g/mol. The number of nitrogens with zero attached hydrogens (tertiary/aromatic N) is 1. The Hall–Kier alpha value is -0.490. The summed E-state index contributed by atoms with van der Waals surface area (Å²) >= 11 is 1.68. The van der Waals surface area contributed by atoms with Crippen molar-refractivity contribution in [1.29, 1.82) is 0 Å². The Kier molecular flexibility index (Phi) is 6.05. The topological polar surface area (TPSA) is 57.4 Å². The van der Waals surface area contributed by atoms with Crippen LogP contribution in [0.4, 0.5) is 0 Å². The summed E-state index contributed by atoms with van der Waals surface area (Å²) < 4.78 is 10.3. The van der Waals surface area contributed by atoms with Crippen molar-refractivity contribution >= 4 is 11.3 Å². The van der Waals surface area contributed by atoms with E-state index >= 15 is 0 Å². The van der Waals surface area contributed by atoms with E-state index in [1.807, 2.05) is 0 Å². The summed E-state index contributed by atoms with van der Waals surface area (Å²) in [5.74, 6) is 0. The van der Waals surface area contributed by atoms with Gasteiger partial charge in [-0.05, 0) is 0 Å². The number of ether oxygens (including phenoxy) is 2. The first-order valence-electron chi connectivity index (χ1n) is 5.82. The molecular weight excluding hydrogens is 236 g/mol. The Morgan fingerprint density at radius 2 is 2.12 bits per heavy atom. The first-order valence-corrected chi connectivity index (χ1v) is 6.69.